The number of rotatable bonds is 3. The van der Waals surface area contributed by atoms with E-state index in [2.05, 4.69) is 23.0 Å². The molecule has 2 aromatic rings. The van der Waals surface area contributed by atoms with Crippen LogP contribution >= 0.6 is 23.2 Å². The van der Waals surface area contributed by atoms with E-state index in [4.69, 9.17) is 23.2 Å². The molecule has 5 rings (SSSR count). The van der Waals surface area contributed by atoms with Crippen molar-refractivity contribution in [1.29, 1.82) is 0 Å². The van der Waals surface area contributed by atoms with Crippen LogP contribution in [0.3, 0.4) is 0 Å². The van der Waals surface area contributed by atoms with Crippen molar-refractivity contribution in [2.24, 2.45) is 5.92 Å². The minimum Gasteiger partial charge on any atom is -0.367 e. The Morgan fingerprint density at radius 2 is 1.48 bits per heavy atom. The number of likely N-dealkylation sites (tertiary alicyclic amines) is 1. The number of fused-ring (bicyclic) bond motifs is 1. The number of nitrogens with one attached hydrogen (secondary N) is 2. The number of carbonyl (C=O) groups excluding carboxylic acids is 2. The summed E-state index contributed by atoms with van der Waals surface area (Å²) in [6, 6.07) is 15.5. The summed E-state index contributed by atoms with van der Waals surface area (Å²) in [6.45, 7) is 1.42. The number of carbonyl (C=O) groups is 2. The van der Waals surface area contributed by atoms with Crippen LogP contribution in [0.2, 0.25) is 5.02 Å². The molecule has 2 fully saturated rings. The first kappa shape index (κ1) is 20.7. The predicted molar refractivity (Wildman–Crippen MR) is 121 cm³/mol. The van der Waals surface area contributed by atoms with Gasteiger partial charge >= 0.3 is 0 Å². The van der Waals surface area contributed by atoms with E-state index in [9.17, 15) is 9.59 Å². The van der Waals surface area contributed by atoms with Gasteiger partial charge in [0.1, 0.15) is 10.7 Å². The molecule has 7 heteroatoms. The largest absolute Gasteiger partial charge is 0.367 e. The predicted octanol–water partition coefficient (Wildman–Crippen LogP) is 4.49. The number of piperidine rings is 1. The molecule has 2 aromatic carbocycles. The van der Waals surface area contributed by atoms with Crippen molar-refractivity contribution in [3.05, 3.63) is 81.0 Å². The number of hydrazine groups is 1. The summed E-state index contributed by atoms with van der Waals surface area (Å²) >= 11 is 12.4. The van der Waals surface area contributed by atoms with Crippen LogP contribution in [0.1, 0.15) is 51.6 Å². The third-order valence-corrected chi connectivity index (χ3v) is 7.27. The summed E-state index contributed by atoms with van der Waals surface area (Å²) in [5, 5.41) is 0.788. The van der Waals surface area contributed by atoms with Crippen LogP contribution < -0.4 is 10.9 Å². The molecule has 2 unspecified atom stereocenters. The third kappa shape index (κ3) is 3.80. The van der Waals surface area contributed by atoms with Crippen molar-refractivity contribution < 1.29 is 9.59 Å². The lowest BCUT2D eigenvalue weighted by molar-refractivity contribution is 0.0926. The van der Waals surface area contributed by atoms with Crippen molar-refractivity contribution in [1.82, 2.24) is 15.8 Å². The third-order valence-electron chi connectivity index (χ3n) is 6.67. The summed E-state index contributed by atoms with van der Waals surface area (Å²) in [5.41, 5.74) is 9.29. The summed E-state index contributed by atoms with van der Waals surface area (Å²) in [5.74, 6) is 0.0747. The van der Waals surface area contributed by atoms with Crippen LogP contribution in [0.25, 0.3) is 0 Å². The van der Waals surface area contributed by atoms with E-state index < -0.39 is 0 Å². The van der Waals surface area contributed by atoms with Gasteiger partial charge in [-0.3, -0.25) is 20.4 Å². The van der Waals surface area contributed by atoms with Gasteiger partial charge < -0.3 is 4.90 Å². The number of nitrogens with zero attached hydrogens (tertiary/aromatic N) is 1. The number of halogens is 2. The molecule has 160 valence electrons. The highest BCUT2D eigenvalue weighted by atomic mass is 35.5. The lowest BCUT2D eigenvalue weighted by Gasteiger charge is -2.37. The van der Waals surface area contributed by atoms with Crippen LogP contribution in [-0.2, 0) is 0 Å². The van der Waals surface area contributed by atoms with E-state index in [0.29, 0.717) is 41.9 Å². The van der Waals surface area contributed by atoms with E-state index >= 15 is 0 Å². The molecule has 2 saturated heterocycles. The van der Waals surface area contributed by atoms with E-state index in [0.717, 1.165) is 24.3 Å². The van der Waals surface area contributed by atoms with Gasteiger partial charge in [-0.2, -0.15) is 0 Å². The zero-order chi connectivity index (χ0) is 21.5. The quantitative estimate of drug-likeness (QED) is 0.713. The SMILES string of the molecule is O=C1C(Cl)=C(N2CCC(C3CC(c4ccc(Cl)cc4)NN3)CC2)C(=O)c2ccccc21. The van der Waals surface area contributed by atoms with Gasteiger partial charge in [-0.15, -0.1) is 0 Å². The molecule has 3 aliphatic rings. The van der Waals surface area contributed by atoms with E-state index in [-0.39, 0.29) is 22.6 Å². The Kier molecular flexibility index (Phi) is 5.61. The molecule has 0 radical (unpaired) electrons. The number of benzene rings is 2. The first-order valence-corrected chi connectivity index (χ1v) is 11.4. The zero-order valence-electron chi connectivity index (χ0n) is 16.9. The molecular formula is C24H23Cl2N3O2. The monoisotopic (exact) mass is 455 g/mol. The molecule has 5 nitrogen and oxygen atoms in total. The Hall–Kier alpha value is -2.18. The Balaban J connectivity index is 1.25. The minimum absolute atomic E-state index is 0.0469. The Labute approximate surface area is 191 Å². The molecule has 0 spiro atoms. The van der Waals surface area contributed by atoms with Gasteiger partial charge in [0.05, 0.1) is 0 Å². The highest BCUT2D eigenvalue weighted by Crippen LogP contribution is 2.35. The topological polar surface area (TPSA) is 61.4 Å². The summed E-state index contributed by atoms with van der Waals surface area (Å²) in [4.78, 5) is 27.7. The maximum atomic E-state index is 13.1. The molecule has 0 amide bonds. The molecule has 0 bridgehead atoms. The molecule has 2 heterocycles. The first-order chi connectivity index (χ1) is 15.0. The number of ketones is 2. The van der Waals surface area contributed by atoms with Crippen LogP contribution in [-0.4, -0.2) is 35.6 Å². The number of hydrogen-bond donors (Lipinski definition) is 2. The normalized spacial score (nSPS) is 24.6. The minimum atomic E-state index is -0.263. The van der Waals surface area contributed by atoms with E-state index in [1.807, 2.05) is 17.0 Å². The van der Waals surface area contributed by atoms with Gasteiger partial charge in [0.2, 0.25) is 11.6 Å². The van der Waals surface area contributed by atoms with Crippen LogP contribution in [0.4, 0.5) is 0 Å². The average molecular weight is 456 g/mol. The lowest BCUT2D eigenvalue weighted by atomic mass is 9.85. The molecule has 31 heavy (non-hydrogen) atoms. The molecule has 2 N–H and O–H groups in total. The van der Waals surface area contributed by atoms with Crippen molar-refractivity contribution in [3.8, 4) is 0 Å². The Bertz CT molecular complexity index is 1060. The van der Waals surface area contributed by atoms with Crippen molar-refractivity contribution in [2.75, 3.05) is 13.1 Å². The van der Waals surface area contributed by atoms with Gasteiger partial charge in [0.15, 0.2) is 0 Å². The fourth-order valence-corrected chi connectivity index (χ4v) is 5.38. The van der Waals surface area contributed by atoms with Crippen LogP contribution in [0.5, 0.6) is 0 Å². The molecule has 0 saturated carbocycles. The smallest absolute Gasteiger partial charge is 0.211 e. The summed E-state index contributed by atoms with van der Waals surface area (Å²) in [6.07, 6.45) is 2.87. The summed E-state index contributed by atoms with van der Waals surface area (Å²) < 4.78 is 0. The standard InChI is InChI=1S/C24H23Cl2N3O2/c25-16-7-5-14(6-8-16)19-13-20(28-27-19)15-9-11-29(12-10-15)22-21(26)23(30)17-3-1-2-4-18(17)24(22)31/h1-8,15,19-20,27-28H,9-13H2. The second-order valence-corrected chi connectivity index (χ2v) is 9.24. The second kappa shape index (κ2) is 8.40. The van der Waals surface area contributed by atoms with Gasteiger partial charge in [-0.1, -0.05) is 59.6 Å². The van der Waals surface area contributed by atoms with Crippen LogP contribution in [0, 0.1) is 5.92 Å². The molecule has 0 aromatic heterocycles. The average Bonchev–Trinajstić information content (AvgIpc) is 3.29. The van der Waals surface area contributed by atoms with Gasteiger partial charge in [-0.25, -0.2) is 0 Å². The van der Waals surface area contributed by atoms with E-state index in [1.165, 1.54) is 5.56 Å². The Morgan fingerprint density at radius 3 is 2.16 bits per heavy atom. The molecular weight excluding hydrogens is 433 g/mol. The van der Waals surface area contributed by atoms with Gasteiger partial charge in [-0.05, 0) is 42.9 Å². The van der Waals surface area contributed by atoms with Gasteiger partial charge in [0, 0.05) is 41.3 Å². The highest BCUT2D eigenvalue weighted by molar-refractivity contribution is 6.49. The van der Waals surface area contributed by atoms with Crippen LogP contribution in [0.15, 0.2) is 59.3 Å². The fourth-order valence-electron chi connectivity index (χ4n) is 4.94. The maximum absolute atomic E-state index is 13.1. The lowest BCUT2D eigenvalue weighted by Crippen LogP contribution is -2.44. The number of allylic oxidation sites excluding steroid dienone is 2. The molecule has 1 aliphatic carbocycles. The first-order valence-electron chi connectivity index (χ1n) is 10.6. The second-order valence-electron chi connectivity index (χ2n) is 8.43. The van der Waals surface area contributed by atoms with Crippen molar-refractivity contribution in [3.63, 3.8) is 0 Å². The number of Topliss-reactive ketones (excluding diaryl/α,β-unsaturated/α-hetero) is 2. The molecule has 2 atom stereocenters. The number of hydrogen-bond acceptors (Lipinski definition) is 5. The fraction of sp³-hybridized carbons (Fsp3) is 0.333. The van der Waals surface area contributed by atoms with Crippen molar-refractivity contribution in [2.45, 2.75) is 31.3 Å². The highest BCUT2D eigenvalue weighted by Gasteiger charge is 2.38. The molecule has 2 aliphatic heterocycles. The Morgan fingerprint density at radius 1 is 0.839 bits per heavy atom. The zero-order valence-corrected chi connectivity index (χ0v) is 18.4. The van der Waals surface area contributed by atoms with Gasteiger partial charge in [0.25, 0.3) is 0 Å². The maximum Gasteiger partial charge on any atom is 0.211 e. The van der Waals surface area contributed by atoms with E-state index in [1.54, 1.807) is 24.3 Å². The summed E-state index contributed by atoms with van der Waals surface area (Å²) in [7, 11) is 0. The van der Waals surface area contributed by atoms with Crippen molar-refractivity contribution >= 4 is 34.8 Å².